The van der Waals surface area contributed by atoms with Crippen molar-refractivity contribution < 1.29 is 14.3 Å². The van der Waals surface area contributed by atoms with E-state index in [1.165, 1.54) is 27.5 Å². The van der Waals surface area contributed by atoms with Crippen LogP contribution < -0.4 is 20.5 Å². The van der Waals surface area contributed by atoms with Crippen LogP contribution in [0, 0.1) is 12.8 Å². The number of rotatable bonds is 8. The predicted octanol–water partition coefficient (Wildman–Crippen LogP) is 5.19. The highest BCUT2D eigenvalue weighted by molar-refractivity contribution is 7.18. The van der Waals surface area contributed by atoms with Gasteiger partial charge >= 0.3 is 0 Å². The Kier molecular flexibility index (Phi) is 7.79. The Hall–Kier alpha value is -3.98. The molecule has 0 bridgehead atoms. The lowest BCUT2D eigenvalue weighted by Gasteiger charge is -2.18. The first kappa shape index (κ1) is 26.6. The molecule has 202 valence electrons. The minimum Gasteiger partial charge on any atom is -0.493 e. The van der Waals surface area contributed by atoms with Crippen LogP contribution in [-0.4, -0.2) is 28.8 Å². The molecule has 0 saturated heterocycles. The molecular weight excluding hydrogens is 512 g/mol. The van der Waals surface area contributed by atoms with Gasteiger partial charge in [0.1, 0.15) is 17.5 Å². The summed E-state index contributed by atoms with van der Waals surface area (Å²) < 4.78 is 12.8. The lowest BCUT2D eigenvalue weighted by atomic mass is 9.89. The third kappa shape index (κ3) is 5.73. The second-order valence-electron chi connectivity index (χ2n) is 10.1. The molecule has 0 fully saturated rings. The van der Waals surface area contributed by atoms with E-state index in [0.29, 0.717) is 29.4 Å². The molecule has 4 aromatic rings. The van der Waals surface area contributed by atoms with Crippen molar-refractivity contribution in [1.29, 1.82) is 0 Å². The highest BCUT2D eigenvalue weighted by Gasteiger charge is 2.25. The van der Waals surface area contributed by atoms with Gasteiger partial charge in [0.05, 0.1) is 25.0 Å². The number of hydrogen-bond donors (Lipinski definition) is 1. The number of aromatic nitrogens is 2. The number of ether oxygens (including phenoxy) is 2. The maximum absolute atomic E-state index is 13.3. The van der Waals surface area contributed by atoms with Crippen LogP contribution in [0.4, 0.5) is 0 Å². The number of nitrogens with zero attached hydrogens (tertiary/aromatic N) is 3. The first-order chi connectivity index (χ1) is 18.8. The topological polar surface area (TPSA) is 94.8 Å². The van der Waals surface area contributed by atoms with Gasteiger partial charge in [-0.05, 0) is 73.9 Å². The molecule has 2 aromatic carbocycles. The zero-order chi connectivity index (χ0) is 27.5. The van der Waals surface area contributed by atoms with Crippen LogP contribution in [0.1, 0.15) is 53.4 Å². The number of fused-ring (bicyclic) bond motifs is 3. The van der Waals surface area contributed by atoms with Crippen LogP contribution in [0.25, 0.3) is 10.2 Å². The number of benzene rings is 2. The van der Waals surface area contributed by atoms with E-state index >= 15 is 0 Å². The number of hydrogen-bond acceptors (Lipinski definition) is 7. The molecule has 9 heteroatoms. The monoisotopic (exact) mass is 544 g/mol. The van der Waals surface area contributed by atoms with E-state index < -0.39 is 11.9 Å². The quantitative estimate of drug-likeness (QED) is 0.243. The van der Waals surface area contributed by atoms with Crippen LogP contribution in [-0.2, 0) is 24.2 Å². The molecule has 39 heavy (non-hydrogen) atoms. The van der Waals surface area contributed by atoms with E-state index in [-0.39, 0.29) is 5.56 Å². The molecular formula is C30H32N4O4S. The van der Waals surface area contributed by atoms with E-state index in [0.717, 1.165) is 40.8 Å². The van der Waals surface area contributed by atoms with Crippen LogP contribution in [0.2, 0.25) is 0 Å². The maximum atomic E-state index is 13.3. The minimum absolute atomic E-state index is 0.176. The first-order valence-corrected chi connectivity index (χ1v) is 13.9. The van der Waals surface area contributed by atoms with Gasteiger partial charge in [0.15, 0.2) is 11.5 Å². The predicted molar refractivity (Wildman–Crippen MR) is 154 cm³/mol. The average molecular weight is 545 g/mol. The molecule has 0 unspecified atom stereocenters. The smallest absolute Gasteiger partial charge is 0.263 e. The standard InChI is InChI=1S/C30H32N4O4S/c1-18-5-8-21(9-6-18)16-38-24-12-10-22(14-25(24)37-4)15-32-33-28(35)20(3)34-17-31-29-27(30(34)36)23-11-7-19(2)13-26(23)39-29/h5-6,8-10,12,14-15,17,19-20H,7,11,13,16H2,1-4H3,(H,33,35)/b32-15-/t19-,20-/m1/s1. The lowest BCUT2D eigenvalue weighted by Crippen LogP contribution is -2.34. The van der Waals surface area contributed by atoms with E-state index in [2.05, 4.69) is 22.4 Å². The van der Waals surface area contributed by atoms with Gasteiger partial charge in [-0.15, -0.1) is 11.3 Å². The normalized spacial score (nSPS) is 15.7. The highest BCUT2D eigenvalue weighted by Crippen LogP contribution is 2.35. The molecule has 0 spiro atoms. The summed E-state index contributed by atoms with van der Waals surface area (Å²) in [5.41, 5.74) is 6.45. The van der Waals surface area contributed by atoms with Gasteiger partial charge in [0.2, 0.25) is 0 Å². The van der Waals surface area contributed by atoms with E-state index in [1.807, 2.05) is 43.3 Å². The third-order valence-corrected chi connectivity index (χ3v) is 8.29. The molecule has 0 aliphatic heterocycles. The number of amides is 1. The van der Waals surface area contributed by atoms with Gasteiger partial charge in [-0.25, -0.2) is 10.4 Å². The fourth-order valence-electron chi connectivity index (χ4n) is 4.74. The Balaban J connectivity index is 1.25. The van der Waals surface area contributed by atoms with E-state index in [4.69, 9.17) is 9.47 Å². The van der Waals surface area contributed by atoms with Gasteiger partial charge in [-0.1, -0.05) is 36.8 Å². The summed E-state index contributed by atoms with van der Waals surface area (Å²) in [4.78, 5) is 32.7. The molecule has 1 N–H and O–H groups in total. The summed E-state index contributed by atoms with van der Waals surface area (Å²) >= 11 is 1.60. The first-order valence-electron chi connectivity index (χ1n) is 13.0. The number of methoxy groups -OCH3 is 1. The van der Waals surface area contributed by atoms with Crippen molar-refractivity contribution in [1.82, 2.24) is 15.0 Å². The molecule has 1 amide bonds. The number of thiophene rings is 1. The van der Waals surface area contributed by atoms with Crippen molar-refractivity contribution in [2.24, 2.45) is 11.0 Å². The van der Waals surface area contributed by atoms with Crippen molar-refractivity contribution >= 4 is 33.7 Å². The Morgan fingerprint density at radius 2 is 2.05 bits per heavy atom. The van der Waals surface area contributed by atoms with Crippen molar-refractivity contribution in [3.63, 3.8) is 0 Å². The molecule has 1 aliphatic carbocycles. The Morgan fingerprint density at radius 1 is 1.26 bits per heavy atom. The highest BCUT2D eigenvalue weighted by atomic mass is 32.1. The molecule has 1 aliphatic rings. The van der Waals surface area contributed by atoms with Gasteiger partial charge in [-0.2, -0.15) is 5.10 Å². The number of carbonyl (C=O) groups excluding carboxylic acids is 1. The number of carbonyl (C=O) groups is 1. The number of hydrazone groups is 1. The third-order valence-electron chi connectivity index (χ3n) is 7.13. The van der Waals surface area contributed by atoms with Crippen LogP contribution in [0.5, 0.6) is 11.5 Å². The minimum atomic E-state index is -0.767. The second kappa shape index (κ2) is 11.4. The van der Waals surface area contributed by atoms with E-state index in [1.54, 1.807) is 31.4 Å². The average Bonchev–Trinajstić information content (AvgIpc) is 3.31. The van der Waals surface area contributed by atoms with Crippen molar-refractivity contribution in [3.05, 3.63) is 86.3 Å². The van der Waals surface area contributed by atoms with E-state index in [9.17, 15) is 9.59 Å². The summed E-state index contributed by atoms with van der Waals surface area (Å²) in [5.74, 6) is 1.38. The Labute approximate surface area is 231 Å². The molecule has 5 rings (SSSR count). The van der Waals surface area contributed by atoms with Crippen molar-refractivity contribution in [2.75, 3.05) is 7.11 Å². The van der Waals surface area contributed by atoms with Crippen LogP contribution >= 0.6 is 11.3 Å². The molecule has 2 atom stereocenters. The molecule has 0 saturated carbocycles. The molecule has 2 heterocycles. The summed E-state index contributed by atoms with van der Waals surface area (Å²) in [6, 6.07) is 12.8. The molecule has 8 nitrogen and oxygen atoms in total. The fourth-order valence-corrected chi connectivity index (χ4v) is 6.08. The summed E-state index contributed by atoms with van der Waals surface area (Å²) in [6.07, 6.45) is 5.90. The van der Waals surface area contributed by atoms with Crippen LogP contribution in [0.3, 0.4) is 0 Å². The van der Waals surface area contributed by atoms with Gasteiger partial charge in [0, 0.05) is 4.88 Å². The second-order valence-corrected chi connectivity index (χ2v) is 11.2. The lowest BCUT2D eigenvalue weighted by molar-refractivity contribution is -0.123. The zero-order valence-corrected chi connectivity index (χ0v) is 23.4. The maximum Gasteiger partial charge on any atom is 0.263 e. The summed E-state index contributed by atoms with van der Waals surface area (Å²) in [5, 5.41) is 4.76. The van der Waals surface area contributed by atoms with Gasteiger partial charge in [-0.3, -0.25) is 14.2 Å². The number of aryl methyl sites for hydroxylation is 2. The zero-order valence-electron chi connectivity index (χ0n) is 22.6. The Bertz CT molecular complexity index is 1590. The fraction of sp³-hybridized carbons (Fsp3) is 0.333. The van der Waals surface area contributed by atoms with Crippen molar-refractivity contribution in [2.45, 2.75) is 52.7 Å². The summed E-state index contributed by atoms with van der Waals surface area (Å²) in [7, 11) is 1.58. The van der Waals surface area contributed by atoms with Gasteiger partial charge < -0.3 is 9.47 Å². The molecule has 2 aromatic heterocycles. The van der Waals surface area contributed by atoms with Crippen molar-refractivity contribution in [3.8, 4) is 11.5 Å². The largest absolute Gasteiger partial charge is 0.493 e. The molecule has 0 radical (unpaired) electrons. The SMILES string of the molecule is COc1cc(/C=N\NC(=O)[C@@H](C)n2cnc3sc4c(c3c2=O)CC[C@@H](C)C4)ccc1OCc1ccc(C)cc1. The van der Waals surface area contributed by atoms with Gasteiger partial charge in [0.25, 0.3) is 11.5 Å². The number of nitrogens with one attached hydrogen (secondary N) is 1. The Morgan fingerprint density at radius 3 is 2.82 bits per heavy atom. The van der Waals surface area contributed by atoms with Crippen LogP contribution in [0.15, 0.2) is 58.7 Å². The summed E-state index contributed by atoms with van der Waals surface area (Å²) in [6.45, 7) is 6.37.